The van der Waals surface area contributed by atoms with Gasteiger partial charge in [-0.15, -0.1) is 0 Å². The van der Waals surface area contributed by atoms with E-state index in [0.29, 0.717) is 40.2 Å². The van der Waals surface area contributed by atoms with Gasteiger partial charge in [0.1, 0.15) is 94.1 Å². The van der Waals surface area contributed by atoms with Crippen LogP contribution in [0.2, 0.25) is 0 Å². The van der Waals surface area contributed by atoms with Crippen molar-refractivity contribution in [2.75, 3.05) is 70.1 Å². The number of carbonyl (C=O) groups is 4. The van der Waals surface area contributed by atoms with E-state index < -0.39 is 142 Å². The maximum atomic E-state index is 13.6. The number of hydrogen-bond donors (Lipinski definition) is 6. The molecule has 8 aromatic rings. The van der Waals surface area contributed by atoms with Gasteiger partial charge in [-0.05, 0) is 83.6 Å². The van der Waals surface area contributed by atoms with Crippen molar-refractivity contribution in [3.63, 3.8) is 0 Å². The average Bonchev–Trinajstić information content (AvgIpc) is 1.50. The summed E-state index contributed by atoms with van der Waals surface area (Å²) in [4.78, 5) is 71.8. The molecule has 2 aliphatic carbocycles. The number of aromatic hydroxyl groups is 1. The van der Waals surface area contributed by atoms with Crippen molar-refractivity contribution in [1.29, 1.82) is 0 Å². The molecule has 14 rings (SSSR count). The number of methoxy groups -OCH3 is 8. The number of phenols is 1. The molecule has 4 fully saturated rings. The van der Waals surface area contributed by atoms with Crippen LogP contribution in [-0.2, 0) is 79.4 Å². The van der Waals surface area contributed by atoms with Crippen LogP contribution < -0.4 is 42.6 Å². The quantitative estimate of drug-likeness (QED) is 0.0108. The maximum Gasteiger partial charge on any atom is 0.514 e. The summed E-state index contributed by atoms with van der Waals surface area (Å²) in [5.41, 5.74) is -5.89. The van der Waals surface area contributed by atoms with E-state index in [1.54, 1.807) is 93.8 Å². The lowest BCUT2D eigenvalue weighted by Crippen LogP contribution is -2.52. The highest BCUT2D eigenvalue weighted by atomic mass is 16.8. The molecular weight excluding hydrogens is 1560 g/mol. The lowest BCUT2D eigenvalue weighted by Gasteiger charge is -2.40. The summed E-state index contributed by atoms with van der Waals surface area (Å²) < 4.78 is 106. The van der Waals surface area contributed by atoms with E-state index in [4.69, 9.17) is 90.0 Å². The Morgan fingerprint density at radius 2 is 0.874 bits per heavy atom. The van der Waals surface area contributed by atoms with Crippen molar-refractivity contribution in [1.82, 2.24) is 0 Å². The van der Waals surface area contributed by atoms with Crippen LogP contribution in [0.5, 0.6) is 57.5 Å². The Hall–Kier alpha value is -12.0. The molecule has 6 N–H and O–H groups in total. The van der Waals surface area contributed by atoms with Gasteiger partial charge in [0.05, 0.1) is 88.7 Å². The first-order valence-corrected chi connectivity index (χ1v) is 37.3. The molecule has 6 aliphatic rings. The normalized spacial score (nSPS) is 27.1. The Morgan fingerprint density at radius 1 is 0.479 bits per heavy atom. The predicted octanol–water partition coefficient (Wildman–Crippen LogP) is 9.55. The summed E-state index contributed by atoms with van der Waals surface area (Å²) in [5, 5.41) is 91.3. The minimum Gasteiger partial charge on any atom is -0.508 e. The van der Waals surface area contributed by atoms with E-state index in [1.165, 1.54) is 123 Å². The van der Waals surface area contributed by atoms with Crippen LogP contribution in [0.4, 0.5) is 21.0 Å². The van der Waals surface area contributed by atoms with Gasteiger partial charge in [0.25, 0.3) is 17.7 Å². The Kier molecular flexibility index (Phi) is 26.5. The molecule has 2 saturated carbocycles. The molecule has 35 nitrogen and oxygen atoms in total. The van der Waals surface area contributed by atoms with E-state index in [0.717, 1.165) is 0 Å². The standard InChI is InChI=1S/C42H43NO16.C27H26O8.C15H19NO9/c1-6-29(58-40(46)56-27-18-14-25(15-19-27)43(48)49)32-22-54-38(53-5)39(57-32)55-28-20-30(51-3)35-31(21-28)59-42(24-12-16-26(50-2)17-13-24)34(23-10-8-7-9-11-23)33(37(45)52-4)36(44)41(35,42)47;1-32-18-11-9-16(10-12-18)27-22(15-7-5-4-6-8-15)21(25(30)34-3)24(29)26(27,31)23-19(33-2)13-17(28)14-20(23)35-27;1-3-11(12-8-22-14(21-2)13(17)24-12)25-15(18)23-10-6-4-9(5-7-10)16(19)20/h7-21,29,32-34,36,38-39,44,47H,6,22H2,1-5H3;4-14,21-22,24,28-29,31H,1-3H3;4-7,11-14,17H,3,8H2,1-2H3/t29-,32-,33-,34-,36-,38-,39-,41+,42+;21-,22-,24-,26+,27+;11-,12-,13?,14-/m111/s1. The van der Waals surface area contributed by atoms with E-state index >= 15 is 0 Å². The van der Waals surface area contributed by atoms with Gasteiger partial charge in [-0.3, -0.25) is 29.8 Å². The molecule has 0 amide bonds. The highest BCUT2D eigenvalue weighted by molar-refractivity contribution is 5.80. The van der Waals surface area contributed by atoms with Crippen LogP contribution in [0.15, 0.2) is 182 Å². The molecule has 632 valence electrons. The van der Waals surface area contributed by atoms with Crippen LogP contribution in [0.1, 0.15) is 71.9 Å². The summed E-state index contributed by atoms with van der Waals surface area (Å²) in [7, 11) is 11.0. The second-order valence-corrected chi connectivity index (χ2v) is 27.9. The molecule has 8 aromatic carbocycles. The average molecular weight is 1650 g/mol. The fourth-order valence-corrected chi connectivity index (χ4v) is 16.3. The van der Waals surface area contributed by atoms with Gasteiger partial charge in [-0.1, -0.05) is 98.8 Å². The van der Waals surface area contributed by atoms with Gasteiger partial charge in [-0.2, -0.15) is 0 Å². The lowest BCUT2D eigenvalue weighted by molar-refractivity contribution is -0.385. The zero-order valence-electron chi connectivity index (χ0n) is 65.8. The second kappa shape index (κ2) is 36.5. The number of benzene rings is 8. The summed E-state index contributed by atoms with van der Waals surface area (Å²) in [6.07, 6.45) is -12.5. The van der Waals surface area contributed by atoms with Crippen LogP contribution in [0.25, 0.3) is 0 Å². The van der Waals surface area contributed by atoms with Gasteiger partial charge >= 0.3 is 24.2 Å². The van der Waals surface area contributed by atoms with E-state index in [9.17, 15) is 70.0 Å². The number of hydrogen-bond acceptors (Lipinski definition) is 33. The molecule has 35 heteroatoms. The molecule has 1 unspecified atom stereocenters. The number of phenolic OH excluding ortho intramolecular Hbond substituents is 1. The van der Waals surface area contributed by atoms with Gasteiger partial charge in [-0.25, -0.2) is 9.59 Å². The highest BCUT2D eigenvalue weighted by Gasteiger charge is 2.80. The van der Waals surface area contributed by atoms with E-state index in [-0.39, 0.29) is 88.1 Å². The van der Waals surface area contributed by atoms with Crippen molar-refractivity contribution in [2.45, 2.75) is 123 Å². The highest BCUT2D eigenvalue weighted by Crippen LogP contribution is 2.72. The van der Waals surface area contributed by atoms with Gasteiger partial charge in [0.15, 0.2) is 22.4 Å². The third-order valence-electron chi connectivity index (χ3n) is 21.7. The minimum atomic E-state index is -2.31. The zero-order valence-corrected chi connectivity index (χ0v) is 65.8. The topological polar surface area (TPSA) is 451 Å². The number of esters is 2. The predicted molar refractivity (Wildman–Crippen MR) is 410 cm³/mol. The molecule has 0 spiro atoms. The monoisotopic (exact) mass is 1650 g/mol. The fraction of sp³-hybridized carbons (Fsp3) is 0.381. The number of ether oxygens (including phenoxy) is 19. The van der Waals surface area contributed by atoms with Crippen molar-refractivity contribution in [3.8, 4) is 57.5 Å². The van der Waals surface area contributed by atoms with E-state index in [1.807, 2.05) is 36.4 Å². The number of rotatable bonds is 24. The Morgan fingerprint density at radius 3 is 1.25 bits per heavy atom. The molecule has 2 saturated heterocycles. The maximum absolute atomic E-state index is 13.6. The largest absolute Gasteiger partial charge is 0.514 e. The smallest absolute Gasteiger partial charge is 0.508 e. The Labute approximate surface area is 680 Å². The number of fused-ring (bicyclic) bond motifs is 6. The summed E-state index contributed by atoms with van der Waals surface area (Å²) in [5.74, 6) is -4.17. The van der Waals surface area contributed by atoms with Crippen molar-refractivity contribution >= 4 is 35.6 Å². The molecule has 4 heterocycles. The Bertz CT molecular complexity index is 4900. The SMILES string of the molecule is CC[C@@H](OC(=O)Oc1ccc([N+](=O)[O-])cc1)[C@H]1CO[C@@H](OC)C(O)O1.CC[C@@H](OC(=O)Oc1ccc([N+](=O)[O-])cc1)[C@H]1CO[C@@H](OC)[C@H](Oc2cc(OC)c3c(c2)O[C@@]2(c4ccc(OC)cc4)[C@H](c4ccccc4)[C@@H](C(=O)OC)[C@@H](O)[C@@]32O)O1.COC(=O)[C@H]1[C@@H](O)[C@@]2(O)c3c(OC)cc(O)cc3O[C@@]2(c2ccc(OC)cc2)[C@@H]1c1ccccc1. The fourth-order valence-electron chi connectivity index (χ4n) is 16.3. The number of nitro groups is 2. The second-order valence-electron chi connectivity index (χ2n) is 27.9. The van der Waals surface area contributed by atoms with Crippen LogP contribution >= 0.6 is 0 Å². The lowest BCUT2D eigenvalue weighted by atomic mass is 9.70. The molecule has 4 aliphatic heterocycles. The van der Waals surface area contributed by atoms with Gasteiger partial charge in [0.2, 0.25) is 18.9 Å². The summed E-state index contributed by atoms with van der Waals surface area (Å²) in [6, 6.07) is 47.2. The molecule has 0 bridgehead atoms. The third kappa shape index (κ3) is 16.2. The van der Waals surface area contributed by atoms with E-state index in [2.05, 4.69) is 0 Å². The summed E-state index contributed by atoms with van der Waals surface area (Å²) >= 11 is 0. The summed E-state index contributed by atoms with van der Waals surface area (Å²) in [6.45, 7) is 3.53. The van der Waals surface area contributed by atoms with Crippen LogP contribution in [0, 0.1) is 32.1 Å². The van der Waals surface area contributed by atoms with Crippen molar-refractivity contribution in [3.05, 3.63) is 236 Å². The van der Waals surface area contributed by atoms with Gasteiger partial charge < -0.3 is 121 Å². The molecule has 0 aromatic heterocycles. The van der Waals surface area contributed by atoms with Crippen molar-refractivity contribution < 1.29 is 150 Å². The Balaban J connectivity index is 0.000000182. The first-order valence-electron chi connectivity index (χ1n) is 37.3. The molecular formula is C84H88N2O33. The number of nitrogens with zero attached hydrogens (tertiary/aromatic N) is 2. The molecule has 0 radical (unpaired) electrons. The first kappa shape index (κ1) is 86.3. The number of carbonyl (C=O) groups excluding carboxylic acids is 4. The number of aliphatic hydroxyl groups is 5. The molecule has 18 atom stereocenters. The minimum absolute atomic E-state index is 0.0377. The van der Waals surface area contributed by atoms with Crippen molar-refractivity contribution in [2.24, 2.45) is 11.8 Å². The number of nitro benzene ring substituents is 2. The van der Waals surface area contributed by atoms with Gasteiger partial charge in [0, 0.05) is 74.6 Å². The molecule has 119 heavy (non-hydrogen) atoms. The number of non-ortho nitro benzene ring substituents is 2. The zero-order chi connectivity index (χ0) is 85.4. The first-order chi connectivity index (χ1) is 57.2. The third-order valence-corrected chi connectivity index (χ3v) is 21.7. The number of aliphatic hydroxyl groups excluding tert-OH is 3. The van der Waals surface area contributed by atoms with Crippen LogP contribution in [0.3, 0.4) is 0 Å². The van der Waals surface area contributed by atoms with Crippen LogP contribution in [-0.4, -0.2) is 197 Å².